The quantitative estimate of drug-likeness (QED) is 0.695. The van der Waals surface area contributed by atoms with Gasteiger partial charge in [-0.3, -0.25) is 4.79 Å². The Kier molecular flexibility index (Phi) is 5.49. The lowest BCUT2D eigenvalue weighted by Crippen LogP contribution is -2.46. The number of benzene rings is 1. The molecule has 0 aliphatic carbocycles. The number of nitrogens with one attached hydrogen (secondary N) is 1. The fourth-order valence-electron chi connectivity index (χ4n) is 1.96. The third-order valence-corrected chi connectivity index (χ3v) is 5.25. The summed E-state index contributed by atoms with van der Waals surface area (Å²) in [6.45, 7) is 5.13. The molecule has 0 bridgehead atoms. The molecule has 118 valence electrons. The highest BCUT2D eigenvalue weighted by Gasteiger charge is 2.29. The number of aryl methyl sites for hydroxylation is 1. The smallest absolute Gasteiger partial charge is 0.249 e. The molecule has 0 fully saturated rings. The summed E-state index contributed by atoms with van der Waals surface area (Å²) in [5.74, 6) is -0.668. The van der Waals surface area contributed by atoms with Crippen molar-refractivity contribution in [1.29, 1.82) is 0 Å². The molecule has 1 aromatic carbocycles. The number of carbonyl (C=O) groups excluding carboxylic acids is 1. The van der Waals surface area contributed by atoms with Crippen LogP contribution in [0.1, 0.15) is 42.6 Å². The van der Waals surface area contributed by atoms with Crippen LogP contribution in [0.5, 0.6) is 0 Å². The summed E-state index contributed by atoms with van der Waals surface area (Å²) in [7, 11) is -3.79. The van der Waals surface area contributed by atoms with E-state index in [0.29, 0.717) is 18.4 Å². The van der Waals surface area contributed by atoms with Gasteiger partial charge in [0.15, 0.2) is 0 Å². The van der Waals surface area contributed by atoms with Crippen LogP contribution >= 0.6 is 0 Å². The van der Waals surface area contributed by atoms with Gasteiger partial charge in [0.05, 0.1) is 4.90 Å². The molecule has 1 amide bonds. The molecule has 6 nitrogen and oxygen atoms in total. The molecule has 7 heteroatoms. The summed E-state index contributed by atoms with van der Waals surface area (Å²) < 4.78 is 27.4. The van der Waals surface area contributed by atoms with Crippen LogP contribution in [-0.4, -0.2) is 31.6 Å². The number of rotatable bonds is 7. The van der Waals surface area contributed by atoms with Gasteiger partial charge in [0.1, 0.15) is 0 Å². The van der Waals surface area contributed by atoms with Crippen molar-refractivity contribution in [1.82, 2.24) is 4.72 Å². The van der Waals surface area contributed by atoms with Crippen LogP contribution in [0.15, 0.2) is 23.1 Å². The van der Waals surface area contributed by atoms with Crippen molar-refractivity contribution in [3.63, 3.8) is 0 Å². The summed E-state index contributed by atoms with van der Waals surface area (Å²) in [6.07, 6.45) is 0.832. The minimum atomic E-state index is -3.79. The number of primary amides is 1. The van der Waals surface area contributed by atoms with Crippen molar-refractivity contribution in [2.45, 2.75) is 44.0 Å². The number of sulfonamides is 1. The van der Waals surface area contributed by atoms with E-state index in [-0.39, 0.29) is 17.1 Å². The summed E-state index contributed by atoms with van der Waals surface area (Å²) in [6, 6.07) is 4.25. The molecule has 4 N–H and O–H groups in total. The van der Waals surface area contributed by atoms with Crippen LogP contribution in [0.3, 0.4) is 0 Å². The van der Waals surface area contributed by atoms with E-state index in [0.717, 1.165) is 0 Å². The summed E-state index contributed by atoms with van der Waals surface area (Å²) in [4.78, 5) is 11.3. The Morgan fingerprint density at radius 3 is 2.52 bits per heavy atom. The van der Waals surface area contributed by atoms with Gasteiger partial charge in [0, 0.05) is 17.7 Å². The molecular weight excluding hydrogens is 292 g/mol. The number of aliphatic hydroxyl groups excluding tert-OH is 1. The number of hydrogen-bond donors (Lipinski definition) is 3. The first kappa shape index (κ1) is 17.6. The Balaban J connectivity index is 3.20. The minimum absolute atomic E-state index is 0.0143. The molecule has 0 aromatic heterocycles. The fourth-order valence-corrected chi connectivity index (χ4v) is 3.50. The zero-order chi connectivity index (χ0) is 16.3. The van der Waals surface area contributed by atoms with Crippen molar-refractivity contribution in [2.24, 2.45) is 5.73 Å². The lowest BCUT2D eigenvalue weighted by atomic mass is 9.97. The molecule has 0 aliphatic rings. The maximum Gasteiger partial charge on any atom is 0.249 e. The topological polar surface area (TPSA) is 109 Å². The fraction of sp³-hybridized carbons (Fsp3) is 0.500. The Labute approximate surface area is 125 Å². The van der Waals surface area contributed by atoms with Gasteiger partial charge in [-0.1, -0.05) is 13.0 Å². The molecule has 0 heterocycles. The van der Waals surface area contributed by atoms with Crippen molar-refractivity contribution >= 4 is 15.9 Å². The summed E-state index contributed by atoms with van der Waals surface area (Å²) in [5, 5.41) is 9.06. The van der Waals surface area contributed by atoms with Crippen LogP contribution < -0.4 is 10.5 Å². The van der Waals surface area contributed by atoms with Gasteiger partial charge in [-0.25, -0.2) is 13.1 Å². The number of amides is 1. The maximum atomic E-state index is 12.4. The lowest BCUT2D eigenvalue weighted by Gasteiger charge is -2.28. The molecule has 0 aliphatic heterocycles. The van der Waals surface area contributed by atoms with E-state index in [1.54, 1.807) is 19.9 Å². The van der Waals surface area contributed by atoms with Crippen LogP contribution in [0, 0.1) is 6.92 Å². The maximum absolute atomic E-state index is 12.4. The van der Waals surface area contributed by atoms with Gasteiger partial charge in [-0.05, 0) is 44.4 Å². The van der Waals surface area contributed by atoms with Gasteiger partial charge in [0.25, 0.3) is 0 Å². The van der Waals surface area contributed by atoms with Gasteiger partial charge in [-0.15, -0.1) is 0 Å². The van der Waals surface area contributed by atoms with Gasteiger partial charge < -0.3 is 10.8 Å². The highest BCUT2D eigenvalue weighted by molar-refractivity contribution is 7.89. The number of carbonyl (C=O) groups is 1. The zero-order valence-corrected chi connectivity index (χ0v) is 13.3. The molecule has 1 aromatic rings. The Morgan fingerprint density at radius 2 is 2.05 bits per heavy atom. The molecule has 1 unspecified atom stereocenters. The normalized spacial score (nSPS) is 14.7. The van der Waals surface area contributed by atoms with Crippen LogP contribution in [0.4, 0.5) is 0 Å². The minimum Gasteiger partial charge on any atom is -0.396 e. The van der Waals surface area contributed by atoms with Crippen molar-refractivity contribution < 1.29 is 18.3 Å². The van der Waals surface area contributed by atoms with E-state index in [9.17, 15) is 13.2 Å². The second-order valence-electron chi connectivity index (χ2n) is 5.33. The SMILES string of the molecule is CCC(C)(CCO)NS(=O)(=O)c1ccc(C)c(C(N)=O)c1. The molecule has 1 rings (SSSR count). The molecular formula is C14H22N2O4S. The van der Waals surface area contributed by atoms with Gasteiger partial charge >= 0.3 is 0 Å². The van der Waals surface area contributed by atoms with Crippen LogP contribution in [0.25, 0.3) is 0 Å². The predicted octanol–water partition coefficient (Wildman–Crippen LogP) is 0.923. The van der Waals surface area contributed by atoms with Crippen molar-refractivity contribution in [2.75, 3.05) is 6.61 Å². The molecule has 0 radical (unpaired) electrons. The first-order valence-electron chi connectivity index (χ1n) is 6.70. The van der Waals surface area contributed by atoms with Crippen LogP contribution in [0.2, 0.25) is 0 Å². The third-order valence-electron chi connectivity index (χ3n) is 3.61. The zero-order valence-electron chi connectivity index (χ0n) is 12.5. The second-order valence-corrected chi connectivity index (χ2v) is 7.02. The monoisotopic (exact) mass is 314 g/mol. The highest BCUT2D eigenvalue weighted by Crippen LogP contribution is 2.21. The number of nitrogens with two attached hydrogens (primary N) is 1. The summed E-state index contributed by atoms with van der Waals surface area (Å²) in [5.41, 5.74) is 5.30. The Hall–Kier alpha value is -1.44. The first-order chi connectivity index (χ1) is 9.65. The van der Waals surface area contributed by atoms with Gasteiger partial charge in [-0.2, -0.15) is 0 Å². The Morgan fingerprint density at radius 1 is 1.43 bits per heavy atom. The van der Waals surface area contributed by atoms with E-state index >= 15 is 0 Å². The van der Waals surface area contributed by atoms with Crippen molar-refractivity contribution in [3.05, 3.63) is 29.3 Å². The van der Waals surface area contributed by atoms with E-state index in [2.05, 4.69) is 4.72 Å². The molecule has 0 spiro atoms. The largest absolute Gasteiger partial charge is 0.396 e. The van der Waals surface area contributed by atoms with E-state index in [4.69, 9.17) is 10.8 Å². The lowest BCUT2D eigenvalue weighted by molar-refractivity contribution is 0.0999. The third kappa shape index (κ3) is 4.26. The summed E-state index contributed by atoms with van der Waals surface area (Å²) >= 11 is 0. The van der Waals surface area contributed by atoms with Gasteiger partial charge in [0.2, 0.25) is 15.9 Å². The van der Waals surface area contributed by atoms with Crippen LogP contribution in [-0.2, 0) is 10.0 Å². The number of aliphatic hydroxyl groups is 1. The predicted molar refractivity (Wildman–Crippen MR) is 80.4 cm³/mol. The molecule has 1 atom stereocenters. The second kappa shape index (κ2) is 6.55. The number of hydrogen-bond acceptors (Lipinski definition) is 4. The first-order valence-corrected chi connectivity index (χ1v) is 8.19. The average Bonchev–Trinajstić information content (AvgIpc) is 2.38. The van der Waals surface area contributed by atoms with E-state index in [1.807, 2.05) is 6.92 Å². The molecule has 0 saturated carbocycles. The average molecular weight is 314 g/mol. The highest BCUT2D eigenvalue weighted by atomic mass is 32.2. The Bertz CT molecular complexity index is 628. The van der Waals surface area contributed by atoms with Crippen molar-refractivity contribution in [3.8, 4) is 0 Å². The molecule has 0 saturated heterocycles. The van der Waals surface area contributed by atoms with E-state index < -0.39 is 21.5 Å². The molecule has 21 heavy (non-hydrogen) atoms. The van der Waals surface area contributed by atoms with E-state index in [1.165, 1.54) is 12.1 Å². The standard InChI is InChI=1S/C14H22N2O4S/c1-4-14(3,7-8-17)16-21(19,20)11-6-5-10(2)12(9-11)13(15)18/h5-6,9,16-17H,4,7-8H2,1-3H3,(H2,15,18).